The van der Waals surface area contributed by atoms with Gasteiger partial charge in [-0.05, 0) is 6.07 Å². The standard InChI is InChI=1S/C18H15F2N3O2/c19-18(20)9-23-15-12(7-4-8-13(15)25-10-18)14(22-16(21)17(23)24)11-5-2-1-3-6-11/h1-8,16H,9-10,21H2. The van der Waals surface area contributed by atoms with Crippen molar-refractivity contribution in [3.05, 3.63) is 59.7 Å². The Kier molecular flexibility index (Phi) is 3.54. The van der Waals surface area contributed by atoms with Crippen LogP contribution in [0.25, 0.3) is 0 Å². The van der Waals surface area contributed by atoms with Crippen molar-refractivity contribution in [3.63, 3.8) is 0 Å². The molecule has 2 N–H and O–H groups in total. The van der Waals surface area contributed by atoms with E-state index in [1.807, 2.05) is 30.3 Å². The molecule has 0 saturated heterocycles. The quantitative estimate of drug-likeness (QED) is 0.863. The van der Waals surface area contributed by atoms with Gasteiger partial charge in [0, 0.05) is 11.1 Å². The molecule has 2 heterocycles. The first kappa shape index (κ1) is 15.7. The summed E-state index contributed by atoms with van der Waals surface area (Å²) < 4.78 is 33.5. The predicted molar refractivity (Wildman–Crippen MR) is 89.3 cm³/mol. The Morgan fingerprint density at radius 2 is 1.92 bits per heavy atom. The van der Waals surface area contributed by atoms with Crippen LogP contribution in [-0.2, 0) is 4.79 Å². The number of amides is 1. The largest absolute Gasteiger partial charge is 0.485 e. The topological polar surface area (TPSA) is 67.9 Å². The fraction of sp³-hybridized carbons (Fsp3) is 0.222. The molecule has 1 unspecified atom stereocenters. The highest BCUT2D eigenvalue weighted by Gasteiger charge is 2.43. The Labute approximate surface area is 142 Å². The van der Waals surface area contributed by atoms with Gasteiger partial charge < -0.3 is 10.5 Å². The van der Waals surface area contributed by atoms with Crippen LogP contribution in [0.15, 0.2) is 53.5 Å². The molecule has 4 rings (SSSR count). The van der Waals surface area contributed by atoms with Crippen LogP contribution < -0.4 is 15.4 Å². The summed E-state index contributed by atoms with van der Waals surface area (Å²) in [7, 11) is 0. The highest BCUT2D eigenvalue weighted by molar-refractivity contribution is 6.20. The van der Waals surface area contributed by atoms with E-state index in [-0.39, 0.29) is 5.75 Å². The third-order valence-corrected chi connectivity index (χ3v) is 4.19. The maximum atomic E-state index is 14.1. The zero-order valence-electron chi connectivity index (χ0n) is 13.2. The number of aliphatic imine (C=N–C) groups is 1. The lowest BCUT2D eigenvalue weighted by atomic mass is 9.99. The SMILES string of the molecule is NC1N=C(c2ccccc2)c2cccc3c2N(CC(F)(F)CO3)C1=O. The van der Waals surface area contributed by atoms with E-state index in [9.17, 15) is 13.6 Å². The second-order valence-corrected chi connectivity index (χ2v) is 6.01. The highest BCUT2D eigenvalue weighted by atomic mass is 19.3. The van der Waals surface area contributed by atoms with E-state index in [4.69, 9.17) is 10.5 Å². The van der Waals surface area contributed by atoms with Crippen LogP contribution in [0.4, 0.5) is 14.5 Å². The van der Waals surface area contributed by atoms with Crippen molar-refractivity contribution in [2.75, 3.05) is 18.1 Å². The second kappa shape index (κ2) is 5.63. The summed E-state index contributed by atoms with van der Waals surface area (Å²) in [5.74, 6) is -3.63. The highest BCUT2D eigenvalue weighted by Crippen LogP contribution is 2.40. The normalized spacial score (nSPS) is 21.6. The number of hydrogen-bond acceptors (Lipinski definition) is 4. The Morgan fingerprint density at radius 1 is 1.16 bits per heavy atom. The molecule has 2 aliphatic rings. The van der Waals surface area contributed by atoms with Crippen LogP contribution in [0.2, 0.25) is 0 Å². The first-order valence-electron chi connectivity index (χ1n) is 7.80. The molecule has 0 fully saturated rings. The molecule has 5 nitrogen and oxygen atoms in total. The van der Waals surface area contributed by atoms with E-state index in [1.54, 1.807) is 18.2 Å². The number of nitrogens with two attached hydrogens (primary N) is 1. The minimum absolute atomic E-state index is 0.223. The van der Waals surface area contributed by atoms with Gasteiger partial charge >= 0.3 is 0 Å². The molecule has 128 valence electrons. The molecular formula is C18H15F2N3O2. The van der Waals surface area contributed by atoms with Crippen LogP contribution >= 0.6 is 0 Å². The Hall–Kier alpha value is -2.80. The summed E-state index contributed by atoms with van der Waals surface area (Å²) in [5, 5.41) is 0. The maximum Gasteiger partial charge on any atom is 0.298 e. The molecule has 1 atom stereocenters. The number of rotatable bonds is 1. The molecule has 0 aliphatic carbocycles. The summed E-state index contributed by atoms with van der Waals surface area (Å²) in [6.07, 6.45) is -1.26. The van der Waals surface area contributed by atoms with Crippen LogP contribution in [-0.4, -0.2) is 36.9 Å². The molecule has 2 aromatic carbocycles. The summed E-state index contributed by atoms with van der Waals surface area (Å²) in [5.41, 5.74) is 7.97. The Bertz CT molecular complexity index is 868. The van der Waals surface area contributed by atoms with Crippen molar-refractivity contribution in [2.24, 2.45) is 10.7 Å². The van der Waals surface area contributed by atoms with Crippen molar-refractivity contribution in [1.82, 2.24) is 0 Å². The van der Waals surface area contributed by atoms with Gasteiger partial charge in [0.1, 0.15) is 5.75 Å². The van der Waals surface area contributed by atoms with Crippen molar-refractivity contribution < 1.29 is 18.3 Å². The minimum Gasteiger partial charge on any atom is -0.485 e. The number of benzene rings is 2. The van der Waals surface area contributed by atoms with Gasteiger partial charge in [0.2, 0.25) is 0 Å². The van der Waals surface area contributed by atoms with Gasteiger partial charge in [0.15, 0.2) is 12.8 Å². The van der Waals surface area contributed by atoms with Crippen LogP contribution in [0.3, 0.4) is 0 Å². The first-order chi connectivity index (χ1) is 12.0. The third-order valence-electron chi connectivity index (χ3n) is 4.19. The van der Waals surface area contributed by atoms with Gasteiger partial charge in [-0.25, -0.2) is 8.78 Å². The molecular weight excluding hydrogens is 328 g/mol. The zero-order valence-corrected chi connectivity index (χ0v) is 13.2. The summed E-state index contributed by atoms with van der Waals surface area (Å²) in [6, 6.07) is 14.2. The molecule has 0 aromatic heterocycles. The van der Waals surface area contributed by atoms with Crippen molar-refractivity contribution in [3.8, 4) is 5.75 Å². The predicted octanol–water partition coefficient (Wildman–Crippen LogP) is 2.18. The number of ether oxygens (including phenoxy) is 1. The number of hydrogen-bond donors (Lipinski definition) is 1. The molecule has 7 heteroatoms. The van der Waals surface area contributed by atoms with E-state index < -0.39 is 31.1 Å². The molecule has 0 radical (unpaired) electrons. The van der Waals surface area contributed by atoms with Crippen LogP contribution in [0.5, 0.6) is 5.75 Å². The van der Waals surface area contributed by atoms with Crippen LogP contribution in [0, 0.1) is 0 Å². The van der Waals surface area contributed by atoms with Gasteiger partial charge in [0.25, 0.3) is 11.8 Å². The fourth-order valence-electron chi connectivity index (χ4n) is 3.09. The fourth-order valence-corrected chi connectivity index (χ4v) is 3.09. The number of para-hydroxylation sites is 1. The lowest BCUT2D eigenvalue weighted by Crippen LogP contribution is -2.47. The van der Waals surface area contributed by atoms with Gasteiger partial charge in [-0.1, -0.05) is 42.5 Å². The van der Waals surface area contributed by atoms with E-state index >= 15 is 0 Å². The minimum atomic E-state index is -3.18. The lowest BCUT2D eigenvalue weighted by Gasteiger charge is -2.25. The molecule has 2 aliphatic heterocycles. The third kappa shape index (κ3) is 2.66. The second-order valence-electron chi connectivity index (χ2n) is 6.01. The monoisotopic (exact) mass is 343 g/mol. The van der Waals surface area contributed by atoms with Crippen molar-refractivity contribution >= 4 is 17.3 Å². The molecule has 0 saturated carbocycles. The molecule has 25 heavy (non-hydrogen) atoms. The van der Waals surface area contributed by atoms with Gasteiger partial charge in [-0.2, -0.15) is 0 Å². The van der Waals surface area contributed by atoms with Gasteiger partial charge in [-0.15, -0.1) is 0 Å². The van der Waals surface area contributed by atoms with Gasteiger partial charge in [-0.3, -0.25) is 14.7 Å². The van der Waals surface area contributed by atoms with Crippen molar-refractivity contribution in [1.29, 1.82) is 0 Å². The van der Waals surface area contributed by atoms with Crippen LogP contribution in [0.1, 0.15) is 11.1 Å². The Morgan fingerprint density at radius 3 is 2.68 bits per heavy atom. The number of carbonyl (C=O) groups is 1. The molecule has 2 aromatic rings. The Balaban J connectivity index is 1.97. The molecule has 1 amide bonds. The van der Waals surface area contributed by atoms with E-state index in [1.165, 1.54) is 0 Å². The number of halogens is 2. The average molecular weight is 343 g/mol. The average Bonchev–Trinajstić information content (AvgIpc) is 2.81. The smallest absolute Gasteiger partial charge is 0.298 e. The van der Waals surface area contributed by atoms with Gasteiger partial charge in [0.05, 0.1) is 17.9 Å². The number of anilines is 1. The summed E-state index contributed by atoms with van der Waals surface area (Å²) >= 11 is 0. The zero-order chi connectivity index (χ0) is 17.6. The summed E-state index contributed by atoms with van der Waals surface area (Å²) in [4.78, 5) is 18.0. The maximum absolute atomic E-state index is 14.1. The lowest BCUT2D eigenvalue weighted by molar-refractivity contribution is -0.121. The molecule has 0 spiro atoms. The van der Waals surface area contributed by atoms with E-state index in [2.05, 4.69) is 4.99 Å². The van der Waals surface area contributed by atoms with E-state index in [0.29, 0.717) is 17.0 Å². The number of alkyl halides is 2. The number of nitrogens with zero attached hydrogens (tertiary/aromatic N) is 2. The first-order valence-corrected chi connectivity index (χ1v) is 7.80. The molecule has 0 bridgehead atoms. The van der Waals surface area contributed by atoms with Crippen molar-refractivity contribution in [2.45, 2.75) is 12.1 Å². The van der Waals surface area contributed by atoms with E-state index in [0.717, 1.165) is 10.5 Å². The number of carbonyl (C=O) groups excluding carboxylic acids is 1. The summed E-state index contributed by atoms with van der Waals surface area (Å²) in [6.45, 7) is -1.58.